The first-order valence-electron chi connectivity index (χ1n) is 8.91. The molecule has 1 fully saturated rings. The number of carbonyl (C=O) groups excluding carboxylic acids is 1. The minimum absolute atomic E-state index is 0.251. The van der Waals surface area contributed by atoms with Crippen molar-refractivity contribution >= 4 is 23.5 Å². The smallest absolute Gasteiger partial charge is 0.409 e. The lowest BCUT2D eigenvalue weighted by Gasteiger charge is -2.34. The second kappa shape index (κ2) is 8.03. The molecule has 1 aliphatic heterocycles. The number of hydrogen-bond acceptors (Lipinski definition) is 6. The highest BCUT2D eigenvalue weighted by atomic mass is 16.6. The molecule has 0 spiro atoms. The van der Waals surface area contributed by atoms with Crippen LogP contribution in [0.4, 0.5) is 22.2 Å². The van der Waals surface area contributed by atoms with Crippen LogP contribution in [0.25, 0.3) is 0 Å². The molecule has 0 aliphatic carbocycles. The molecule has 0 radical (unpaired) electrons. The van der Waals surface area contributed by atoms with Crippen molar-refractivity contribution in [2.45, 2.75) is 20.8 Å². The SMILES string of the molecule is CCOC(=O)N1CCN(c2nccc(Nc3cccc(C)c3C)n2)CC1. The molecule has 3 rings (SSSR count). The molecule has 1 aliphatic rings. The number of anilines is 3. The minimum Gasteiger partial charge on any atom is -0.450 e. The Labute approximate surface area is 154 Å². The van der Waals surface area contributed by atoms with E-state index in [2.05, 4.69) is 40.1 Å². The van der Waals surface area contributed by atoms with Gasteiger partial charge in [-0.05, 0) is 44.0 Å². The second-order valence-electron chi connectivity index (χ2n) is 6.29. The van der Waals surface area contributed by atoms with Crippen LogP contribution in [0, 0.1) is 13.8 Å². The Morgan fingerprint density at radius 3 is 2.69 bits per heavy atom. The fourth-order valence-electron chi connectivity index (χ4n) is 2.90. The van der Waals surface area contributed by atoms with E-state index in [4.69, 9.17) is 4.74 Å². The summed E-state index contributed by atoms with van der Waals surface area (Å²) in [6.07, 6.45) is 1.51. The van der Waals surface area contributed by atoms with Crippen molar-refractivity contribution in [3.63, 3.8) is 0 Å². The van der Waals surface area contributed by atoms with E-state index in [0.29, 0.717) is 38.7 Å². The number of carbonyl (C=O) groups is 1. The molecule has 1 saturated heterocycles. The van der Waals surface area contributed by atoms with E-state index in [-0.39, 0.29) is 6.09 Å². The second-order valence-corrected chi connectivity index (χ2v) is 6.29. The van der Waals surface area contributed by atoms with Gasteiger partial charge in [0.2, 0.25) is 5.95 Å². The maximum absolute atomic E-state index is 11.8. The van der Waals surface area contributed by atoms with Gasteiger partial charge in [-0.25, -0.2) is 9.78 Å². The number of aromatic nitrogens is 2. The topological polar surface area (TPSA) is 70.6 Å². The van der Waals surface area contributed by atoms with Gasteiger partial charge >= 0.3 is 6.09 Å². The molecule has 1 aromatic carbocycles. The number of aryl methyl sites for hydroxylation is 1. The zero-order chi connectivity index (χ0) is 18.5. The predicted octanol–water partition coefficient (Wildman–Crippen LogP) is 3.12. The van der Waals surface area contributed by atoms with Crippen LogP contribution in [0.3, 0.4) is 0 Å². The molecule has 2 heterocycles. The summed E-state index contributed by atoms with van der Waals surface area (Å²) < 4.78 is 5.06. The molecule has 1 amide bonds. The Morgan fingerprint density at radius 1 is 1.19 bits per heavy atom. The first kappa shape index (κ1) is 18.0. The first-order chi connectivity index (χ1) is 12.6. The third-order valence-electron chi connectivity index (χ3n) is 4.60. The highest BCUT2D eigenvalue weighted by Crippen LogP contribution is 2.22. The normalized spacial score (nSPS) is 14.3. The van der Waals surface area contributed by atoms with Crippen LogP contribution < -0.4 is 10.2 Å². The van der Waals surface area contributed by atoms with E-state index >= 15 is 0 Å². The molecular weight excluding hydrogens is 330 g/mol. The summed E-state index contributed by atoms with van der Waals surface area (Å²) in [4.78, 5) is 24.6. The number of rotatable bonds is 4. The van der Waals surface area contributed by atoms with Gasteiger partial charge in [-0.3, -0.25) is 0 Å². The number of benzene rings is 1. The summed E-state index contributed by atoms with van der Waals surface area (Å²) in [7, 11) is 0. The van der Waals surface area contributed by atoms with Gasteiger partial charge in [0, 0.05) is 38.1 Å². The summed E-state index contributed by atoms with van der Waals surface area (Å²) in [5.41, 5.74) is 3.48. The molecule has 1 N–H and O–H groups in total. The average Bonchev–Trinajstić information content (AvgIpc) is 2.66. The summed E-state index contributed by atoms with van der Waals surface area (Å²) in [5, 5.41) is 3.37. The number of piperazine rings is 1. The maximum Gasteiger partial charge on any atom is 0.409 e. The predicted molar refractivity (Wildman–Crippen MR) is 102 cm³/mol. The Balaban J connectivity index is 1.67. The van der Waals surface area contributed by atoms with Gasteiger partial charge in [0.05, 0.1) is 6.61 Å². The lowest BCUT2D eigenvalue weighted by molar-refractivity contribution is 0.105. The standard InChI is InChI=1S/C19H25N5O2/c1-4-26-19(25)24-12-10-23(11-13-24)18-20-9-8-17(22-18)21-16-7-5-6-14(2)15(16)3/h5-9H,4,10-13H2,1-3H3,(H,20,21,22). The molecule has 0 unspecified atom stereocenters. The van der Waals surface area contributed by atoms with Gasteiger partial charge in [-0.15, -0.1) is 0 Å². The van der Waals surface area contributed by atoms with E-state index in [1.165, 1.54) is 11.1 Å². The third-order valence-corrected chi connectivity index (χ3v) is 4.60. The number of nitrogens with one attached hydrogen (secondary N) is 1. The van der Waals surface area contributed by atoms with Crippen molar-refractivity contribution in [1.29, 1.82) is 0 Å². The van der Waals surface area contributed by atoms with Gasteiger partial charge in [0.1, 0.15) is 5.82 Å². The number of nitrogens with zero attached hydrogens (tertiary/aromatic N) is 4. The fraction of sp³-hybridized carbons (Fsp3) is 0.421. The van der Waals surface area contributed by atoms with Gasteiger partial charge in [-0.2, -0.15) is 4.98 Å². The molecular formula is C19H25N5O2. The number of amides is 1. The Kier molecular flexibility index (Phi) is 5.55. The third kappa shape index (κ3) is 4.04. The first-order valence-corrected chi connectivity index (χ1v) is 8.91. The molecule has 0 atom stereocenters. The summed E-state index contributed by atoms with van der Waals surface area (Å²) in [6.45, 7) is 8.99. The lowest BCUT2D eigenvalue weighted by atomic mass is 10.1. The van der Waals surface area contributed by atoms with Gasteiger partial charge in [0.25, 0.3) is 0 Å². The molecule has 0 bridgehead atoms. The monoisotopic (exact) mass is 355 g/mol. The minimum atomic E-state index is -0.251. The summed E-state index contributed by atoms with van der Waals surface area (Å²) in [5.74, 6) is 1.43. The largest absolute Gasteiger partial charge is 0.450 e. The van der Waals surface area contributed by atoms with Crippen molar-refractivity contribution in [3.8, 4) is 0 Å². The van der Waals surface area contributed by atoms with E-state index in [1.807, 2.05) is 25.1 Å². The molecule has 0 saturated carbocycles. The van der Waals surface area contributed by atoms with E-state index in [1.54, 1.807) is 11.1 Å². The van der Waals surface area contributed by atoms with Crippen LogP contribution in [0.5, 0.6) is 0 Å². The summed E-state index contributed by atoms with van der Waals surface area (Å²) in [6, 6.07) is 8.03. The quantitative estimate of drug-likeness (QED) is 0.909. The highest BCUT2D eigenvalue weighted by molar-refractivity contribution is 5.68. The molecule has 2 aromatic rings. The van der Waals surface area contributed by atoms with Gasteiger partial charge in [-0.1, -0.05) is 12.1 Å². The van der Waals surface area contributed by atoms with Crippen LogP contribution in [-0.4, -0.2) is 53.7 Å². The lowest BCUT2D eigenvalue weighted by Crippen LogP contribution is -2.49. The van der Waals surface area contributed by atoms with Crippen molar-refractivity contribution in [2.24, 2.45) is 0 Å². The Bertz CT molecular complexity index is 772. The van der Waals surface area contributed by atoms with Gasteiger partial charge in [0.15, 0.2) is 0 Å². The van der Waals surface area contributed by atoms with Crippen LogP contribution in [0.15, 0.2) is 30.5 Å². The molecule has 26 heavy (non-hydrogen) atoms. The molecule has 7 heteroatoms. The van der Waals surface area contributed by atoms with Crippen molar-refractivity contribution < 1.29 is 9.53 Å². The van der Waals surface area contributed by atoms with Crippen molar-refractivity contribution in [2.75, 3.05) is 43.0 Å². The molecule has 1 aromatic heterocycles. The van der Waals surface area contributed by atoms with Gasteiger partial charge < -0.3 is 19.9 Å². The maximum atomic E-state index is 11.8. The fourth-order valence-corrected chi connectivity index (χ4v) is 2.90. The average molecular weight is 355 g/mol. The molecule has 7 nitrogen and oxygen atoms in total. The Morgan fingerprint density at radius 2 is 1.96 bits per heavy atom. The zero-order valence-corrected chi connectivity index (χ0v) is 15.5. The van der Waals surface area contributed by atoms with Crippen LogP contribution >= 0.6 is 0 Å². The summed E-state index contributed by atoms with van der Waals surface area (Å²) >= 11 is 0. The molecule has 138 valence electrons. The zero-order valence-electron chi connectivity index (χ0n) is 15.5. The number of ether oxygens (including phenoxy) is 1. The van der Waals surface area contributed by atoms with Crippen molar-refractivity contribution in [1.82, 2.24) is 14.9 Å². The Hall–Kier alpha value is -2.83. The van der Waals surface area contributed by atoms with Crippen molar-refractivity contribution in [3.05, 3.63) is 41.6 Å². The highest BCUT2D eigenvalue weighted by Gasteiger charge is 2.23. The van der Waals surface area contributed by atoms with E-state index < -0.39 is 0 Å². The number of hydrogen-bond donors (Lipinski definition) is 1. The van der Waals surface area contributed by atoms with E-state index in [0.717, 1.165) is 11.5 Å². The van der Waals surface area contributed by atoms with Crippen LogP contribution in [0.1, 0.15) is 18.1 Å². The van der Waals surface area contributed by atoms with E-state index in [9.17, 15) is 4.79 Å². The van der Waals surface area contributed by atoms with Crippen LogP contribution in [0.2, 0.25) is 0 Å². The van der Waals surface area contributed by atoms with Crippen LogP contribution in [-0.2, 0) is 4.74 Å².